The van der Waals surface area contributed by atoms with E-state index in [1.807, 2.05) is 24.3 Å². The number of carbonyl (C=O) groups excluding carboxylic acids is 1. The standard InChI is InChI=1S/C22H34N2O2.ClH/c1-2-3-18-26-21-12-5-4-11-20(21)22(25)24-16-7-6-10-19(24)13-17-23-14-8-9-15-23;/h4-5,11-12,19H,2-3,6-10,13-18H2,1H3;1H. The molecule has 2 aliphatic heterocycles. The SMILES string of the molecule is CCCCOc1ccccc1C(=O)N1CCCCC1CCN1CCCC1.Cl. The molecule has 4 nitrogen and oxygen atoms in total. The normalized spacial score (nSPS) is 20.3. The van der Waals surface area contributed by atoms with Gasteiger partial charge in [0.1, 0.15) is 5.75 Å². The third-order valence-corrected chi connectivity index (χ3v) is 5.74. The summed E-state index contributed by atoms with van der Waals surface area (Å²) in [6.07, 6.45) is 9.37. The van der Waals surface area contributed by atoms with Crippen molar-refractivity contribution in [1.29, 1.82) is 0 Å². The molecule has 0 saturated carbocycles. The van der Waals surface area contributed by atoms with Crippen LogP contribution in [0.2, 0.25) is 0 Å². The van der Waals surface area contributed by atoms with Crippen molar-refractivity contribution in [1.82, 2.24) is 9.80 Å². The highest BCUT2D eigenvalue weighted by atomic mass is 35.5. The second kappa shape index (κ2) is 11.6. The zero-order valence-corrected chi connectivity index (χ0v) is 17.5. The molecule has 1 aromatic carbocycles. The molecule has 0 bridgehead atoms. The van der Waals surface area contributed by atoms with Gasteiger partial charge in [0.25, 0.3) is 5.91 Å². The number of hydrogen-bond acceptors (Lipinski definition) is 3. The number of para-hydroxylation sites is 1. The molecule has 5 heteroatoms. The van der Waals surface area contributed by atoms with Crippen LogP contribution in [0.5, 0.6) is 5.75 Å². The Morgan fingerprint density at radius 3 is 2.63 bits per heavy atom. The molecular formula is C22H35ClN2O2. The summed E-state index contributed by atoms with van der Waals surface area (Å²) in [6, 6.07) is 8.14. The first-order valence-corrected chi connectivity index (χ1v) is 10.5. The number of hydrogen-bond donors (Lipinski definition) is 0. The Kier molecular flexibility index (Phi) is 9.43. The largest absolute Gasteiger partial charge is 0.493 e. The lowest BCUT2D eigenvalue weighted by Gasteiger charge is -2.37. The van der Waals surface area contributed by atoms with Gasteiger partial charge >= 0.3 is 0 Å². The maximum atomic E-state index is 13.3. The molecule has 27 heavy (non-hydrogen) atoms. The third-order valence-electron chi connectivity index (χ3n) is 5.74. The van der Waals surface area contributed by atoms with E-state index in [0.29, 0.717) is 12.6 Å². The van der Waals surface area contributed by atoms with Gasteiger partial charge in [-0.2, -0.15) is 0 Å². The predicted molar refractivity (Wildman–Crippen MR) is 113 cm³/mol. The van der Waals surface area contributed by atoms with Gasteiger partial charge in [0, 0.05) is 19.1 Å². The second-order valence-electron chi connectivity index (χ2n) is 7.68. The lowest BCUT2D eigenvalue weighted by molar-refractivity contribution is 0.0583. The van der Waals surface area contributed by atoms with E-state index in [9.17, 15) is 4.79 Å². The van der Waals surface area contributed by atoms with E-state index in [4.69, 9.17) is 4.74 Å². The molecule has 1 amide bonds. The van der Waals surface area contributed by atoms with Crippen LogP contribution in [0, 0.1) is 0 Å². The van der Waals surface area contributed by atoms with Gasteiger partial charge in [-0.25, -0.2) is 0 Å². The van der Waals surface area contributed by atoms with Crippen LogP contribution in [0.4, 0.5) is 0 Å². The summed E-state index contributed by atoms with van der Waals surface area (Å²) in [6.45, 7) is 7.30. The number of piperidine rings is 1. The van der Waals surface area contributed by atoms with Gasteiger partial charge < -0.3 is 14.5 Å². The van der Waals surface area contributed by atoms with Gasteiger partial charge in [0.2, 0.25) is 0 Å². The molecule has 2 saturated heterocycles. The molecule has 2 aliphatic rings. The number of likely N-dealkylation sites (tertiary alicyclic amines) is 2. The number of carbonyl (C=O) groups is 1. The van der Waals surface area contributed by atoms with Crippen LogP contribution in [0.25, 0.3) is 0 Å². The van der Waals surface area contributed by atoms with E-state index >= 15 is 0 Å². The highest BCUT2D eigenvalue weighted by Gasteiger charge is 2.29. The Morgan fingerprint density at radius 1 is 1.11 bits per heavy atom. The van der Waals surface area contributed by atoms with E-state index < -0.39 is 0 Å². The summed E-state index contributed by atoms with van der Waals surface area (Å²) in [7, 11) is 0. The summed E-state index contributed by atoms with van der Waals surface area (Å²) in [5.41, 5.74) is 0.733. The first kappa shape index (κ1) is 22.0. The third kappa shape index (κ3) is 6.11. The highest BCUT2D eigenvalue weighted by Crippen LogP contribution is 2.26. The maximum absolute atomic E-state index is 13.3. The van der Waals surface area contributed by atoms with E-state index in [2.05, 4.69) is 16.7 Å². The summed E-state index contributed by atoms with van der Waals surface area (Å²) in [5.74, 6) is 0.901. The predicted octanol–water partition coefficient (Wildman–Crippen LogP) is 4.77. The monoisotopic (exact) mass is 394 g/mol. The Bertz CT molecular complexity index is 575. The summed E-state index contributed by atoms with van der Waals surface area (Å²) >= 11 is 0. The molecule has 1 aromatic rings. The molecule has 0 N–H and O–H groups in total. The fraction of sp³-hybridized carbons (Fsp3) is 0.682. The van der Waals surface area contributed by atoms with Crippen LogP contribution in [0.15, 0.2) is 24.3 Å². The zero-order chi connectivity index (χ0) is 18.2. The number of halogens is 1. The Morgan fingerprint density at radius 2 is 1.85 bits per heavy atom. The number of unbranched alkanes of at least 4 members (excludes halogenated alkanes) is 1. The minimum atomic E-state index is 0. The van der Waals surface area contributed by atoms with Crippen LogP contribution in [-0.4, -0.2) is 54.5 Å². The highest BCUT2D eigenvalue weighted by molar-refractivity contribution is 5.97. The molecule has 3 rings (SSSR count). The molecule has 0 aromatic heterocycles. The molecule has 2 fully saturated rings. The molecule has 0 radical (unpaired) electrons. The molecule has 1 unspecified atom stereocenters. The summed E-state index contributed by atoms with van der Waals surface area (Å²) in [5, 5.41) is 0. The van der Waals surface area contributed by atoms with Gasteiger partial charge in [-0.3, -0.25) is 4.79 Å². The number of rotatable bonds is 8. The van der Waals surface area contributed by atoms with Crippen LogP contribution >= 0.6 is 12.4 Å². The Hall–Kier alpha value is -1.26. The topological polar surface area (TPSA) is 32.8 Å². The number of nitrogens with zero attached hydrogens (tertiary/aromatic N) is 2. The van der Waals surface area contributed by atoms with E-state index in [1.165, 1.54) is 32.4 Å². The first-order valence-electron chi connectivity index (χ1n) is 10.5. The quantitative estimate of drug-likeness (QED) is 0.595. The van der Waals surface area contributed by atoms with Gasteiger partial charge in [-0.1, -0.05) is 25.5 Å². The lowest BCUT2D eigenvalue weighted by Crippen LogP contribution is -2.45. The van der Waals surface area contributed by atoms with Crippen molar-refractivity contribution >= 4 is 18.3 Å². The average molecular weight is 395 g/mol. The van der Waals surface area contributed by atoms with Crippen molar-refractivity contribution in [2.24, 2.45) is 0 Å². The smallest absolute Gasteiger partial charge is 0.257 e. The summed E-state index contributed by atoms with van der Waals surface area (Å²) < 4.78 is 5.91. The molecule has 0 aliphatic carbocycles. The van der Waals surface area contributed by atoms with Crippen molar-refractivity contribution in [2.75, 3.05) is 32.8 Å². The van der Waals surface area contributed by atoms with Crippen molar-refractivity contribution in [3.63, 3.8) is 0 Å². The molecule has 0 spiro atoms. The summed E-state index contributed by atoms with van der Waals surface area (Å²) in [4.78, 5) is 18.0. The molecular weight excluding hydrogens is 360 g/mol. The number of ether oxygens (including phenoxy) is 1. The fourth-order valence-corrected chi connectivity index (χ4v) is 4.16. The van der Waals surface area contributed by atoms with Gasteiger partial charge in [0.15, 0.2) is 0 Å². The van der Waals surface area contributed by atoms with Crippen molar-refractivity contribution in [3.05, 3.63) is 29.8 Å². The van der Waals surface area contributed by atoms with Crippen LogP contribution in [0.1, 0.15) is 68.6 Å². The molecule has 152 valence electrons. The van der Waals surface area contributed by atoms with Crippen LogP contribution in [0.3, 0.4) is 0 Å². The average Bonchev–Trinajstić information content (AvgIpc) is 3.20. The van der Waals surface area contributed by atoms with Gasteiger partial charge in [-0.05, 0) is 70.2 Å². The van der Waals surface area contributed by atoms with Crippen LogP contribution in [-0.2, 0) is 0 Å². The molecule has 1 atom stereocenters. The maximum Gasteiger partial charge on any atom is 0.257 e. The van der Waals surface area contributed by atoms with Crippen LogP contribution < -0.4 is 4.74 Å². The first-order chi connectivity index (χ1) is 12.8. The van der Waals surface area contributed by atoms with Gasteiger partial charge in [-0.15, -0.1) is 12.4 Å². The lowest BCUT2D eigenvalue weighted by atomic mass is 9.97. The number of benzene rings is 1. The van der Waals surface area contributed by atoms with E-state index in [1.54, 1.807) is 0 Å². The van der Waals surface area contributed by atoms with E-state index in [-0.39, 0.29) is 18.3 Å². The Balaban J connectivity index is 0.00000261. The minimum absolute atomic E-state index is 0. The minimum Gasteiger partial charge on any atom is -0.493 e. The Labute approximate surface area is 170 Å². The van der Waals surface area contributed by atoms with Crippen molar-refractivity contribution in [3.8, 4) is 5.75 Å². The zero-order valence-electron chi connectivity index (χ0n) is 16.7. The van der Waals surface area contributed by atoms with E-state index in [0.717, 1.165) is 56.5 Å². The second-order valence-corrected chi connectivity index (χ2v) is 7.68. The molecule has 2 heterocycles. The van der Waals surface area contributed by atoms with Gasteiger partial charge in [0.05, 0.1) is 12.2 Å². The van der Waals surface area contributed by atoms with Crippen molar-refractivity contribution in [2.45, 2.75) is 64.3 Å². The number of amides is 1. The van der Waals surface area contributed by atoms with Crippen molar-refractivity contribution < 1.29 is 9.53 Å². The fourth-order valence-electron chi connectivity index (χ4n) is 4.16.